The third-order valence-electron chi connectivity index (χ3n) is 5.18. The molecule has 1 aliphatic heterocycles. The van der Waals surface area contributed by atoms with Gasteiger partial charge in [-0.25, -0.2) is 4.98 Å². The molecule has 1 N–H and O–H groups in total. The average molecular weight is 413 g/mol. The molecule has 0 saturated carbocycles. The second-order valence-electron chi connectivity index (χ2n) is 7.36. The largest absolute Gasteiger partial charge is 0.331 e. The molecule has 0 radical (unpaired) electrons. The van der Waals surface area contributed by atoms with Crippen molar-refractivity contribution in [1.82, 2.24) is 9.88 Å². The van der Waals surface area contributed by atoms with Crippen LogP contribution in [-0.4, -0.2) is 47.7 Å². The topological polar surface area (TPSA) is 37.6 Å². The van der Waals surface area contributed by atoms with Crippen LogP contribution >= 0.6 is 23.1 Å². The van der Waals surface area contributed by atoms with Gasteiger partial charge in [-0.15, -0.1) is 23.1 Å². The number of aromatic nitrogens is 1. The number of carbonyl (C=O) groups is 1. The number of piperazine rings is 1. The Morgan fingerprint density at radius 1 is 1.14 bits per heavy atom. The van der Waals surface area contributed by atoms with Crippen molar-refractivity contribution in [2.24, 2.45) is 0 Å². The van der Waals surface area contributed by atoms with Gasteiger partial charge in [-0.05, 0) is 24.6 Å². The lowest BCUT2D eigenvalue weighted by Gasteiger charge is -2.31. The number of nitrogens with zero attached hydrogens (tertiary/aromatic N) is 2. The van der Waals surface area contributed by atoms with E-state index in [1.807, 2.05) is 11.0 Å². The zero-order valence-electron chi connectivity index (χ0n) is 16.2. The first-order chi connectivity index (χ1) is 13.7. The fourth-order valence-corrected chi connectivity index (χ4v) is 5.42. The Balaban J connectivity index is 1.21. The molecule has 1 aromatic heterocycles. The molecule has 146 valence electrons. The van der Waals surface area contributed by atoms with Crippen LogP contribution in [0.5, 0.6) is 0 Å². The highest BCUT2D eigenvalue weighted by Gasteiger charge is 2.24. The fraction of sp³-hybridized carbons (Fsp3) is 0.364. The highest BCUT2D eigenvalue weighted by molar-refractivity contribution is 7.99. The van der Waals surface area contributed by atoms with Gasteiger partial charge in [0.2, 0.25) is 5.91 Å². The molecule has 2 aromatic carbocycles. The van der Waals surface area contributed by atoms with Gasteiger partial charge in [0.05, 0.1) is 42.1 Å². The number of aryl methyl sites for hydroxylation is 1. The minimum Gasteiger partial charge on any atom is -0.331 e. The normalized spacial score (nSPS) is 15.2. The molecule has 1 fully saturated rings. The van der Waals surface area contributed by atoms with E-state index in [-0.39, 0.29) is 5.91 Å². The second kappa shape index (κ2) is 9.07. The summed E-state index contributed by atoms with van der Waals surface area (Å²) in [5, 5.41) is 1.20. The summed E-state index contributed by atoms with van der Waals surface area (Å²) < 4.78 is 1.26. The molecular weight excluding hydrogens is 386 g/mol. The number of hydrogen-bond acceptors (Lipinski definition) is 4. The number of amides is 1. The molecule has 0 aliphatic carbocycles. The third-order valence-corrected chi connectivity index (χ3v) is 7.20. The van der Waals surface area contributed by atoms with E-state index in [1.165, 1.54) is 25.7 Å². The summed E-state index contributed by atoms with van der Waals surface area (Å²) in [7, 11) is 0. The molecular formula is C22H26N3OS2+. The lowest BCUT2D eigenvalue weighted by Crippen LogP contribution is -3.13. The molecule has 1 amide bonds. The summed E-state index contributed by atoms with van der Waals surface area (Å²) in [4.78, 5) is 20.8. The predicted molar refractivity (Wildman–Crippen MR) is 118 cm³/mol. The Labute approximate surface area is 174 Å². The number of rotatable bonds is 6. The van der Waals surface area contributed by atoms with Crippen LogP contribution in [0.15, 0.2) is 48.5 Å². The minimum absolute atomic E-state index is 0.274. The molecule has 0 unspecified atom stereocenters. The molecule has 0 bridgehead atoms. The van der Waals surface area contributed by atoms with Gasteiger partial charge in [0.25, 0.3) is 0 Å². The van der Waals surface area contributed by atoms with E-state index in [9.17, 15) is 4.79 Å². The molecule has 1 aliphatic rings. The number of nitrogens with one attached hydrogen (secondary N) is 1. The van der Waals surface area contributed by atoms with Crippen molar-refractivity contribution in [2.45, 2.75) is 19.2 Å². The summed E-state index contributed by atoms with van der Waals surface area (Å²) in [6.07, 6.45) is 0. The van der Waals surface area contributed by atoms with Crippen molar-refractivity contribution in [3.63, 3.8) is 0 Å². The van der Waals surface area contributed by atoms with Crippen LogP contribution in [0.25, 0.3) is 10.2 Å². The van der Waals surface area contributed by atoms with E-state index in [0.717, 1.165) is 44.0 Å². The lowest BCUT2D eigenvalue weighted by molar-refractivity contribution is -0.917. The van der Waals surface area contributed by atoms with Crippen molar-refractivity contribution in [3.8, 4) is 0 Å². The average Bonchev–Trinajstić information content (AvgIpc) is 3.12. The fourth-order valence-electron chi connectivity index (χ4n) is 3.49. The van der Waals surface area contributed by atoms with Gasteiger partial charge in [-0.1, -0.05) is 42.0 Å². The van der Waals surface area contributed by atoms with Crippen molar-refractivity contribution in [2.75, 3.05) is 31.9 Å². The van der Waals surface area contributed by atoms with E-state index in [4.69, 9.17) is 4.98 Å². The molecule has 3 aromatic rings. The summed E-state index contributed by atoms with van der Waals surface area (Å²) in [5.74, 6) is 1.74. The monoisotopic (exact) mass is 412 g/mol. The van der Waals surface area contributed by atoms with Crippen molar-refractivity contribution in [3.05, 3.63) is 64.7 Å². The molecule has 6 heteroatoms. The van der Waals surface area contributed by atoms with Crippen LogP contribution in [0.3, 0.4) is 0 Å². The van der Waals surface area contributed by atoms with E-state index in [0.29, 0.717) is 5.75 Å². The summed E-state index contributed by atoms with van der Waals surface area (Å²) in [6, 6.07) is 16.9. The quantitative estimate of drug-likeness (QED) is 0.677. The summed E-state index contributed by atoms with van der Waals surface area (Å²) in [6.45, 7) is 6.77. The van der Waals surface area contributed by atoms with Crippen LogP contribution in [0.4, 0.5) is 0 Å². The Kier molecular flexibility index (Phi) is 6.29. The maximum atomic E-state index is 12.5. The van der Waals surface area contributed by atoms with Crippen LogP contribution < -0.4 is 4.90 Å². The SMILES string of the molecule is Cc1ccc(CSCC(=O)N2CC[NH+](Cc3nc4ccccc4s3)CC2)cc1. The number of carbonyl (C=O) groups excluding carboxylic acids is 1. The van der Waals surface area contributed by atoms with Gasteiger partial charge in [-0.3, -0.25) is 4.79 Å². The van der Waals surface area contributed by atoms with Crippen LogP contribution in [-0.2, 0) is 17.1 Å². The third kappa shape index (κ3) is 4.93. The van der Waals surface area contributed by atoms with Crippen LogP contribution in [0, 0.1) is 6.92 Å². The Morgan fingerprint density at radius 2 is 1.89 bits per heavy atom. The van der Waals surface area contributed by atoms with Gasteiger partial charge >= 0.3 is 0 Å². The number of hydrogen-bond donors (Lipinski definition) is 1. The highest BCUT2D eigenvalue weighted by Crippen LogP contribution is 2.20. The summed E-state index contributed by atoms with van der Waals surface area (Å²) in [5.41, 5.74) is 3.66. The lowest BCUT2D eigenvalue weighted by atomic mass is 10.2. The molecule has 0 atom stereocenters. The molecule has 2 heterocycles. The van der Waals surface area contributed by atoms with E-state index in [2.05, 4.69) is 49.4 Å². The van der Waals surface area contributed by atoms with E-state index >= 15 is 0 Å². The zero-order valence-corrected chi connectivity index (χ0v) is 17.8. The molecule has 4 rings (SSSR count). The number of quaternary nitrogens is 1. The van der Waals surface area contributed by atoms with Gasteiger partial charge in [0.15, 0.2) is 0 Å². The highest BCUT2D eigenvalue weighted by atomic mass is 32.2. The Bertz CT molecular complexity index is 897. The Morgan fingerprint density at radius 3 is 2.64 bits per heavy atom. The maximum Gasteiger partial charge on any atom is 0.232 e. The maximum absolute atomic E-state index is 12.5. The number of fused-ring (bicyclic) bond motifs is 1. The van der Waals surface area contributed by atoms with E-state index in [1.54, 1.807) is 23.1 Å². The standard InChI is InChI=1S/C22H25N3OS2/c1-17-6-8-18(9-7-17)15-27-16-22(26)25-12-10-24(11-13-25)14-21-23-19-4-2-3-5-20(19)28-21/h2-9H,10-16H2,1H3/p+1. The van der Waals surface area contributed by atoms with Gasteiger partial charge < -0.3 is 9.80 Å². The van der Waals surface area contributed by atoms with Gasteiger partial charge in [0, 0.05) is 5.75 Å². The van der Waals surface area contributed by atoms with Crippen LogP contribution in [0.2, 0.25) is 0 Å². The number of thioether (sulfide) groups is 1. The molecule has 28 heavy (non-hydrogen) atoms. The number of benzene rings is 2. The first kappa shape index (κ1) is 19.4. The number of para-hydroxylation sites is 1. The molecule has 4 nitrogen and oxygen atoms in total. The van der Waals surface area contributed by atoms with Gasteiger partial charge in [0.1, 0.15) is 11.6 Å². The Hall–Kier alpha value is -1.89. The van der Waals surface area contributed by atoms with Crippen molar-refractivity contribution < 1.29 is 9.69 Å². The van der Waals surface area contributed by atoms with Gasteiger partial charge in [-0.2, -0.15) is 0 Å². The van der Waals surface area contributed by atoms with E-state index < -0.39 is 0 Å². The summed E-state index contributed by atoms with van der Waals surface area (Å²) >= 11 is 3.51. The molecule has 0 spiro atoms. The first-order valence-corrected chi connectivity index (χ1v) is 11.7. The van der Waals surface area contributed by atoms with Crippen molar-refractivity contribution >= 4 is 39.2 Å². The number of thiazole rings is 1. The smallest absolute Gasteiger partial charge is 0.232 e. The first-order valence-electron chi connectivity index (χ1n) is 9.76. The predicted octanol–water partition coefficient (Wildman–Crippen LogP) is 2.77. The zero-order chi connectivity index (χ0) is 19.3. The molecule has 1 saturated heterocycles. The second-order valence-corrected chi connectivity index (χ2v) is 9.46. The van der Waals surface area contributed by atoms with Crippen LogP contribution in [0.1, 0.15) is 16.1 Å². The van der Waals surface area contributed by atoms with Crippen molar-refractivity contribution in [1.29, 1.82) is 0 Å². The minimum atomic E-state index is 0.274.